The quantitative estimate of drug-likeness (QED) is 0.853. The molecular formula is C12H18N2O3S. The van der Waals surface area contributed by atoms with Gasteiger partial charge in [-0.3, -0.25) is 4.79 Å². The molecule has 18 heavy (non-hydrogen) atoms. The Morgan fingerprint density at radius 3 is 2.61 bits per heavy atom. The number of benzene rings is 1. The van der Waals surface area contributed by atoms with E-state index in [0.29, 0.717) is 18.0 Å². The van der Waals surface area contributed by atoms with Gasteiger partial charge in [0.05, 0.1) is 4.90 Å². The summed E-state index contributed by atoms with van der Waals surface area (Å²) in [5, 5.41) is 7.67. The van der Waals surface area contributed by atoms with Crippen LogP contribution in [0.2, 0.25) is 0 Å². The van der Waals surface area contributed by atoms with Crippen LogP contribution in [-0.2, 0) is 14.8 Å². The normalized spacial score (nSPS) is 11.6. The van der Waals surface area contributed by atoms with E-state index in [1.54, 1.807) is 6.07 Å². The third kappa shape index (κ3) is 4.85. The first-order valence-electron chi connectivity index (χ1n) is 5.72. The number of carbonyl (C=O) groups excluding carboxylic acids is 1. The van der Waals surface area contributed by atoms with Crippen molar-refractivity contribution in [2.24, 2.45) is 11.1 Å². The van der Waals surface area contributed by atoms with E-state index in [1.165, 1.54) is 18.2 Å². The highest BCUT2D eigenvalue weighted by Gasteiger charge is 2.09. The van der Waals surface area contributed by atoms with E-state index in [-0.39, 0.29) is 10.8 Å². The van der Waals surface area contributed by atoms with Gasteiger partial charge >= 0.3 is 0 Å². The fourth-order valence-electron chi connectivity index (χ4n) is 1.39. The van der Waals surface area contributed by atoms with Crippen molar-refractivity contribution in [3.63, 3.8) is 0 Å². The molecule has 0 aliphatic rings. The summed E-state index contributed by atoms with van der Waals surface area (Å²) >= 11 is 0. The predicted molar refractivity (Wildman–Crippen MR) is 70.5 cm³/mol. The summed E-state index contributed by atoms with van der Waals surface area (Å²) in [7, 11) is -3.74. The largest absolute Gasteiger partial charge is 0.326 e. The SMILES string of the molecule is CC(C)CCC(=O)Nc1cccc(S(N)(=O)=O)c1. The highest BCUT2D eigenvalue weighted by atomic mass is 32.2. The van der Waals surface area contributed by atoms with Gasteiger partial charge in [0.2, 0.25) is 15.9 Å². The molecule has 0 saturated heterocycles. The molecule has 0 radical (unpaired) electrons. The number of carbonyl (C=O) groups is 1. The minimum atomic E-state index is -3.74. The molecule has 3 N–H and O–H groups in total. The number of hydrogen-bond acceptors (Lipinski definition) is 3. The zero-order valence-electron chi connectivity index (χ0n) is 10.5. The van der Waals surface area contributed by atoms with E-state index >= 15 is 0 Å². The van der Waals surface area contributed by atoms with E-state index < -0.39 is 10.0 Å². The second-order valence-corrected chi connectivity index (χ2v) is 6.11. The van der Waals surface area contributed by atoms with Crippen molar-refractivity contribution in [1.29, 1.82) is 0 Å². The van der Waals surface area contributed by atoms with E-state index in [9.17, 15) is 13.2 Å². The van der Waals surface area contributed by atoms with Crippen LogP contribution >= 0.6 is 0 Å². The third-order valence-electron chi connectivity index (χ3n) is 2.40. The number of anilines is 1. The molecule has 0 saturated carbocycles. The number of nitrogens with one attached hydrogen (secondary N) is 1. The molecule has 0 aliphatic carbocycles. The Kier molecular flexibility index (Phi) is 4.86. The van der Waals surface area contributed by atoms with E-state index in [2.05, 4.69) is 5.32 Å². The molecule has 6 heteroatoms. The van der Waals surface area contributed by atoms with Crippen LogP contribution in [0.3, 0.4) is 0 Å². The van der Waals surface area contributed by atoms with Crippen LogP contribution in [0.1, 0.15) is 26.7 Å². The zero-order valence-corrected chi connectivity index (χ0v) is 11.3. The number of sulfonamides is 1. The molecule has 1 amide bonds. The van der Waals surface area contributed by atoms with Crippen LogP contribution in [0.15, 0.2) is 29.2 Å². The van der Waals surface area contributed by atoms with E-state index in [0.717, 1.165) is 6.42 Å². The van der Waals surface area contributed by atoms with Crippen molar-refractivity contribution in [3.05, 3.63) is 24.3 Å². The molecule has 1 aromatic carbocycles. The van der Waals surface area contributed by atoms with Crippen LogP contribution in [0.5, 0.6) is 0 Å². The number of rotatable bonds is 5. The Morgan fingerprint density at radius 1 is 1.39 bits per heavy atom. The summed E-state index contributed by atoms with van der Waals surface area (Å²) in [5.41, 5.74) is 0.440. The predicted octanol–water partition coefficient (Wildman–Crippen LogP) is 1.71. The maximum atomic E-state index is 11.6. The van der Waals surface area contributed by atoms with Gasteiger partial charge in [0.15, 0.2) is 0 Å². The van der Waals surface area contributed by atoms with Crippen molar-refractivity contribution < 1.29 is 13.2 Å². The van der Waals surface area contributed by atoms with Crippen molar-refractivity contribution in [3.8, 4) is 0 Å². The molecule has 0 aliphatic heterocycles. The standard InChI is InChI=1S/C12H18N2O3S/c1-9(2)6-7-12(15)14-10-4-3-5-11(8-10)18(13,16)17/h3-5,8-9H,6-7H2,1-2H3,(H,14,15)(H2,13,16,17). The number of hydrogen-bond donors (Lipinski definition) is 2. The average Bonchev–Trinajstić information content (AvgIpc) is 2.25. The van der Waals surface area contributed by atoms with Gasteiger partial charge in [-0.25, -0.2) is 13.6 Å². The lowest BCUT2D eigenvalue weighted by Gasteiger charge is -2.07. The van der Waals surface area contributed by atoms with Gasteiger partial charge in [-0.2, -0.15) is 0 Å². The first-order valence-corrected chi connectivity index (χ1v) is 7.26. The monoisotopic (exact) mass is 270 g/mol. The molecule has 0 spiro atoms. The Hall–Kier alpha value is -1.40. The van der Waals surface area contributed by atoms with Crippen molar-refractivity contribution in [1.82, 2.24) is 0 Å². The summed E-state index contributed by atoms with van der Waals surface area (Å²) in [5.74, 6) is 0.321. The summed E-state index contributed by atoms with van der Waals surface area (Å²) in [6, 6.07) is 5.90. The molecular weight excluding hydrogens is 252 g/mol. The van der Waals surface area contributed by atoms with Crippen molar-refractivity contribution >= 4 is 21.6 Å². The smallest absolute Gasteiger partial charge is 0.238 e. The highest BCUT2D eigenvalue weighted by molar-refractivity contribution is 7.89. The molecule has 0 atom stereocenters. The van der Waals surface area contributed by atoms with Gasteiger partial charge in [0.25, 0.3) is 0 Å². The Labute approximate surface area is 107 Å². The molecule has 0 heterocycles. The summed E-state index contributed by atoms with van der Waals surface area (Å²) in [6.45, 7) is 4.07. The third-order valence-corrected chi connectivity index (χ3v) is 3.31. The second kappa shape index (κ2) is 5.97. The first kappa shape index (κ1) is 14.7. The number of amides is 1. The minimum Gasteiger partial charge on any atom is -0.326 e. The summed E-state index contributed by atoms with van der Waals surface area (Å²) in [4.78, 5) is 11.6. The van der Waals surface area contributed by atoms with Crippen molar-refractivity contribution in [2.75, 3.05) is 5.32 Å². The Bertz CT molecular complexity index is 524. The van der Waals surface area contributed by atoms with Gasteiger partial charge in [-0.15, -0.1) is 0 Å². The number of nitrogens with two attached hydrogens (primary N) is 1. The molecule has 0 unspecified atom stereocenters. The maximum absolute atomic E-state index is 11.6. The lowest BCUT2D eigenvalue weighted by atomic mass is 10.1. The Balaban J connectivity index is 2.71. The second-order valence-electron chi connectivity index (χ2n) is 4.55. The first-order chi connectivity index (χ1) is 8.29. The maximum Gasteiger partial charge on any atom is 0.238 e. The Morgan fingerprint density at radius 2 is 2.06 bits per heavy atom. The van der Waals surface area contributed by atoms with Gasteiger partial charge in [0.1, 0.15) is 0 Å². The van der Waals surface area contributed by atoms with Crippen LogP contribution in [0.4, 0.5) is 5.69 Å². The van der Waals surface area contributed by atoms with Crippen LogP contribution in [0.25, 0.3) is 0 Å². The van der Waals surface area contributed by atoms with Gasteiger partial charge < -0.3 is 5.32 Å². The fourth-order valence-corrected chi connectivity index (χ4v) is 1.95. The molecule has 1 aromatic rings. The van der Waals surface area contributed by atoms with Gasteiger partial charge in [-0.1, -0.05) is 19.9 Å². The highest BCUT2D eigenvalue weighted by Crippen LogP contribution is 2.15. The molecule has 100 valence electrons. The minimum absolute atomic E-state index is 0.0100. The van der Waals surface area contributed by atoms with Crippen LogP contribution in [-0.4, -0.2) is 14.3 Å². The number of primary sulfonamides is 1. The molecule has 0 aromatic heterocycles. The van der Waals surface area contributed by atoms with Gasteiger partial charge in [-0.05, 0) is 30.5 Å². The fraction of sp³-hybridized carbons (Fsp3) is 0.417. The zero-order chi connectivity index (χ0) is 13.8. The molecule has 0 bridgehead atoms. The molecule has 0 fully saturated rings. The van der Waals surface area contributed by atoms with Crippen molar-refractivity contribution in [2.45, 2.75) is 31.6 Å². The topological polar surface area (TPSA) is 89.3 Å². The lowest BCUT2D eigenvalue weighted by Crippen LogP contribution is -2.15. The van der Waals surface area contributed by atoms with E-state index in [1.807, 2.05) is 13.8 Å². The summed E-state index contributed by atoms with van der Waals surface area (Å²) in [6.07, 6.45) is 1.21. The van der Waals surface area contributed by atoms with Crippen LogP contribution < -0.4 is 10.5 Å². The van der Waals surface area contributed by atoms with E-state index in [4.69, 9.17) is 5.14 Å². The average molecular weight is 270 g/mol. The van der Waals surface area contributed by atoms with Crippen LogP contribution in [0, 0.1) is 5.92 Å². The van der Waals surface area contributed by atoms with Gasteiger partial charge in [0, 0.05) is 12.1 Å². The molecule has 1 rings (SSSR count). The summed E-state index contributed by atoms with van der Waals surface area (Å²) < 4.78 is 22.3. The molecule has 5 nitrogen and oxygen atoms in total. The lowest BCUT2D eigenvalue weighted by molar-refractivity contribution is -0.116.